The normalized spacial score (nSPS) is 23.3. The van der Waals surface area contributed by atoms with Crippen molar-refractivity contribution in [2.24, 2.45) is 5.92 Å². The molecule has 0 amide bonds. The standard InChI is InChI=1S/C12H15NO3/c1-7-8(6-12(14)15)4-9-5-10(13)2-3-11(9)16-7/h2-3,5,7-8H,4,6,13H2,1H3,(H,14,15). The molecular weight excluding hydrogens is 206 g/mol. The maximum absolute atomic E-state index is 10.7. The van der Waals surface area contributed by atoms with Crippen molar-refractivity contribution in [3.8, 4) is 5.75 Å². The Morgan fingerprint density at radius 3 is 3.06 bits per heavy atom. The van der Waals surface area contributed by atoms with Gasteiger partial charge >= 0.3 is 5.97 Å². The van der Waals surface area contributed by atoms with E-state index >= 15 is 0 Å². The average Bonchev–Trinajstić information content (AvgIpc) is 2.19. The molecule has 0 bridgehead atoms. The van der Waals surface area contributed by atoms with Crippen LogP contribution in [-0.2, 0) is 11.2 Å². The highest BCUT2D eigenvalue weighted by Gasteiger charge is 2.28. The minimum atomic E-state index is -0.784. The molecule has 0 radical (unpaired) electrons. The number of nitrogen functional groups attached to an aromatic ring is 1. The monoisotopic (exact) mass is 221 g/mol. The van der Waals surface area contributed by atoms with Crippen LogP contribution in [-0.4, -0.2) is 17.2 Å². The first kappa shape index (κ1) is 10.8. The summed E-state index contributed by atoms with van der Waals surface area (Å²) in [7, 11) is 0. The molecule has 1 aromatic rings. The van der Waals surface area contributed by atoms with Crippen LogP contribution in [0.25, 0.3) is 0 Å². The number of anilines is 1. The van der Waals surface area contributed by atoms with E-state index in [1.54, 1.807) is 6.07 Å². The minimum absolute atomic E-state index is 0.0202. The van der Waals surface area contributed by atoms with Crippen LogP contribution in [0.2, 0.25) is 0 Å². The molecule has 1 aliphatic heterocycles. The number of carboxylic acids is 1. The smallest absolute Gasteiger partial charge is 0.303 e. The molecule has 0 saturated carbocycles. The van der Waals surface area contributed by atoms with E-state index in [-0.39, 0.29) is 18.4 Å². The summed E-state index contributed by atoms with van der Waals surface area (Å²) in [6.45, 7) is 1.91. The molecule has 2 unspecified atom stereocenters. The number of aliphatic carboxylic acids is 1. The first-order chi connectivity index (χ1) is 7.56. The van der Waals surface area contributed by atoms with Crippen LogP contribution in [0.3, 0.4) is 0 Å². The average molecular weight is 221 g/mol. The van der Waals surface area contributed by atoms with Crippen molar-refractivity contribution in [2.75, 3.05) is 5.73 Å². The van der Waals surface area contributed by atoms with Crippen LogP contribution in [0, 0.1) is 5.92 Å². The van der Waals surface area contributed by atoms with Gasteiger partial charge in [0.15, 0.2) is 0 Å². The van der Waals surface area contributed by atoms with Crippen molar-refractivity contribution < 1.29 is 14.6 Å². The summed E-state index contributed by atoms with van der Waals surface area (Å²) in [5.74, 6) is 0.0583. The van der Waals surface area contributed by atoms with Gasteiger partial charge in [-0.3, -0.25) is 4.79 Å². The van der Waals surface area contributed by atoms with Crippen molar-refractivity contribution in [1.29, 1.82) is 0 Å². The Kier molecular flexibility index (Phi) is 2.73. The lowest BCUT2D eigenvalue weighted by Gasteiger charge is -2.30. The number of carboxylic acid groups (broad SMARTS) is 1. The van der Waals surface area contributed by atoms with Crippen LogP contribution >= 0.6 is 0 Å². The second-order valence-electron chi connectivity index (χ2n) is 4.25. The van der Waals surface area contributed by atoms with Gasteiger partial charge in [-0.2, -0.15) is 0 Å². The maximum Gasteiger partial charge on any atom is 0.303 e. The van der Waals surface area contributed by atoms with E-state index in [0.717, 1.165) is 11.3 Å². The molecule has 1 heterocycles. The third-order valence-electron chi connectivity index (χ3n) is 2.98. The summed E-state index contributed by atoms with van der Waals surface area (Å²) in [5, 5.41) is 8.81. The van der Waals surface area contributed by atoms with Crippen molar-refractivity contribution in [2.45, 2.75) is 25.9 Å². The predicted molar refractivity (Wildman–Crippen MR) is 60.4 cm³/mol. The lowest BCUT2D eigenvalue weighted by Crippen LogP contribution is -2.32. The fourth-order valence-electron chi connectivity index (χ4n) is 2.08. The SMILES string of the molecule is CC1Oc2ccc(N)cc2CC1CC(=O)O. The molecule has 2 atom stereocenters. The zero-order chi connectivity index (χ0) is 11.7. The first-order valence-corrected chi connectivity index (χ1v) is 5.33. The van der Waals surface area contributed by atoms with E-state index in [1.807, 2.05) is 19.1 Å². The number of nitrogens with two attached hydrogens (primary N) is 1. The van der Waals surface area contributed by atoms with Crippen molar-refractivity contribution >= 4 is 11.7 Å². The number of fused-ring (bicyclic) bond motifs is 1. The maximum atomic E-state index is 10.7. The van der Waals surface area contributed by atoms with E-state index in [2.05, 4.69) is 0 Å². The third-order valence-corrected chi connectivity index (χ3v) is 2.98. The molecule has 0 fully saturated rings. The van der Waals surface area contributed by atoms with E-state index in [1.165, 1.54) is 0 Å². The number of carbonyl (C=O) groups is 1. The van der Waals surface area contributed by atoms with Crippen molar-refractivity contribution in [3.63, 3.8) is 0 Å². The Hall–Kier alpha value is -1.71. The van der Waals surface area contributed by atoms with Gasteiger partial charge in [0.05, 0.1) is 12.5 Å². The summed E-state index contributed by atoms with van der Waals surface area (Å²) in [4.78, 5) is 10.7. The van der Waals surface area contributed by atoms with Crippen LogP contribution in [0.5, 0.6) is 5.75 Å². The predicted octanol–water partition coefficient (Wildman–Crippen LogP) is 1.68. The number of ether oxygens (including phenoxy) is 1. The molecular formula is C12H15NO3. The topological polar surface area (TPSA) is 72.5 Å². The van der Waals surface area contributed by atoms with E-state index in [0.29, 0.717) is 12.1 Å². The fraction of sp³-hybridized carbons (Fsp3) is 0.417. The largest absolute Gasteiger partial charge is 0.490 e. The molecule has 0 aromatic heterocycles. The number of benzene rings is 1. The van der Waals surface area contributed by atoms with Crippen LogP contribution in [0.1, 0.15) is 18.9 Å². The Morgan fingerprint density at radius 2 is 2.38 bits per heavy atom. The molecule has 1 aromatic carbocycles. The van der Waals surface area contributed by atoms with Gasteiger partial charge in [-0.05, 0) is 37.1 Å². The number of hydrogen-bond donors (Lipinski definition) is 2. The Bertz CT molecular complexity index is 417. The highest BCUT2D eigenvalue weighted by molar-refractivity contribution is 5.67. The van der Waals surface area contributed by atoms with Gasteiger partial charge in [-0.1, -0.05) is 0 Å². The number of hydrogen-bond acceptors (Lipinski definition) is 3. The third kappa shape index (κ3) is 2.10. The Balaban J connectivity index is 2.22. The van der Waals surface area contributed by atoms with Gasteiger partial charge in [0, 0.05) is 11.6 Å². The molecule has 16 heavy (non-hydrogen) atoms. The zero-order valence-corrected chi connectivity index (χ0v) is 9.14. The van der Waals surface area contributed by atoms with Crippen LogP contribution in [0.15, 0.2) is 18.2 Å². The van der Waals surface area contributed by atoms with Gasteiger partial charge < -0.3 is 15.6 Å². The molecule has 0 saturated heterocycles. The molecule has 0 spiro atoms. The van der Waals surface area contributed by atoms with E-state index in [4.69, 9.17) is 15.6 Å². The lowest BCUT2D eigenvalue weighted by molar-refractivity contribution is -0.139. The minimum Gasteiger partial charge on any atom is -0.490 e. The molecule has 2 rings (SSSR count). The van der Waals surface area contributed by atoms with Crippen LogP contribution < -0.4 is 10.5 Å². The summed E-state index contributed by atoms with van der Waals surface area (Å²) in [6.07, 6.45) is 0.788. The van der Waals surface area contributed by atoms with E-state index < -0.39 is 5.97 Å². The Labute approximate surface area is 94.0 Å². The van der Waals surface area contributed by atoms with Crippen molar-refractivity contribution in [1.82, 2.24) is 0 Å². The highest BCUT2D eigenvalue weighted by atomic mass is 16.5. The molecule has 4 heteroatoms. The van der Waals surface area contributed by atoms with Gasteiger partial charge in [0.2, 0.25) is 0 Å². The molecule has 1 aliphatic rings. The molecule has 4 nitrogen and oxygen atoms in total. The van der Waals surface area contributed by atoms with Crippen molar-refractivity contribution in [3.05, 3.63) is 23.8 Å². The van der Waals surface area contributed by atoms with Gasteiger partial charge in [0.1, 0.15) is 5.75 Å². The fourth-order valence-corrected chi connectivity index (χ4v) is 2.08. The highest BCUT2D eigenvalue weighted by Crippen LogP contribution is 2.33. The summed E-state index contributed by atoms with van der Waals surface area (Å²) in [6, 6.07) is 5.50. The zero-order valence-electron chi connectivity index (χ0n) is 9.14. The van der Waals surface area contributed by atoms with Gasteiger partial charge in [-0.15, -0.1) is 0 Å². The first-order valence-electron chi connectivity index (χ1n) is 5.33. The summed E-state index contributed by atoms with van der Waals surface area (Å²) in [5.41, 5.74) is 7.38. The van der Waals surface area contributed by atoms with E-state index in [9.17, 15) is 4.79 Å². The Morgan fingerprint density at radius 1 is 1.62 bits per heavy atom. The molecule has 3 N–H and O–H groups in total. The summed E-state index contributed by atoms with van der Waals surface area (Å²) >= 11 is 0. The van der Waals surface area contributed by atoms with Gasteiger partial charge in [-0.25, -0.2) is 0 Å². The second-order valence-corrected chi connectivity index (χ2v) is 4.25. The number of rotatable bonds is 2. The van der Waals surface area contributed by atoms with Crippen LogP contribution in [0.4, 0.5) is 5.69 Å². The second kappa shape index (κ2) is 4.04. The quantitative estimate of drug-likeness (QED) is 0.745. The molecule has 0 aliphatic carbocycles. The van der Waals surface area contributed by atoms with Gasteiger partial charge in [0.25, 0.3) is 0 Å². The summed E-state index contributed by atoms with van der Waals surface area (Å²) < 4.78 is 5.68. The lowest BCUT2D eigenvalue weighted by atomic mass is 9.89. The molecule has 86 valence electrons.